The maximum Gasteiger partial charge on any atom is 0.231 e. The van der Waals surface area contributed by atoms with Crippen molar-refractivity contribution in [1.29, 1.82) is 0 Å². The highest BCUT2D eigenvalue weighted by molar-refractivity contribution is 6.03. The minimum atomic E-state index is -0.0242. The molecular formula is C17H17N3O2. The van der Waals surface area contributed by atoms with E-state index in [1.807, 2.05) is 30.0 Å². The number of nitrogens with zero attached hydrogens (tertiary/aromatic N) is 1. The highest BCUT2D eigenvalue weighted by Gasteiger charge is 2.30. The van der Waals surface area contributed by atoms with Crippen LogP contribution in [0, 0.1) is 0 Å². The standard InChI is InChI=1S/C17H17N3O2/c1-2-20-15-9-14-13(7-11(15)8-16(20)22)18-17(19-14)10-3-5-12(21)6-4-10/h3-7,9,17-19,21H,2,8H2,1H3. The number of phenols is 1. The van der Waals surface area contributed by atoms with Gasteiger partial charge in [0.05, 0.1) is 17.8 Å². The number of benzene rings is 2. The number of amides is 1. The normalized spacial score (nSPS) is 18.7. The summed E-state index contributed by atoms with van der Waals surface area (Å²) in [5, 5.41) is 16.2. The van der Waals surface area contributed by atoms with Gasteiger partial charge >= 0.3 is 0 Å². The molecule has 2 heterocycles. The number of likely N-dealkylation sites (N-methyl/N-ethyl adjacent to an activating group) is 1. The monoisotopic (exact) mass is 295 g/mol. The highest BCUT2D eigenvalue weighted by atomic mass is 16.3. The van der Waals surface area contributed by atoms with Crippen molar-refractivity contribution in [2.75, 3.05) is 22.1 Å². The van der Waals surface area contributed by atoms with Crippen molar-refractivity contribution in [2.24, 2.45) is 0 Å². The molecule has 0 spiro atoms. The van der Waals surface area contributed by atoms with E-state index in [-0.39, 0.29) is 17.8 Å². The molecule has 0 bridgehead atoms. The molecule has 4 rings (SSSR count). The molecule has 2 aliphatic rings. The van der Waals surface area contributed by atoms with Gasteiger partial charge in [0.25, 0.3) is 0 Å². The molecule has 2 aromatic carbocycles. The molecule has 3 N–H and O–H groups in total. The van der Waals surface area contributed by atoms with Crippen LogP contribution in [0.15, 0.2) is 36.4 Å². The Morgan fingerprint density at radius 1 is 1.18 bits per heavy atom. The van der Waals surface area contributed by atoms with Crippen LogP contribution in [0.3, 0.4) is 0 Å². The molecule has 0 aliphatic carbocycles. The first kappa shape index (κ1) is 13.0. The summed E-state index contributed by atoms with van der Waals surface area (Å²) in [6, 6.07) is 11.2. The maximum atomic E-state index is 12.0. The van der Waals surface area contributed by atoms with Crippen molar-refractivity contribution < 1.29 is 9.90 Å². The van der Waals surface area contributed by atoms with Gasteiger partial charge in [0.2, 0.25) is 5.91 Å². The summed E-state index contributed by atoms with van der Waals surface area (Å²) in [5.41, 5.74) is 5.16. The third-order valence-corrected chi connectivity index (χ3v) is 4.29. The summed E-state index contributed by atoms with van der Waals surface area (Å²) in [4.78, 5) is 13.8. The second-order valence-corrected chi connectivity index (χ2v) is 5.65. The van der Waals surface area contributed by atoms with E-state index >= 15 is 0 Å². The Balaban J connectivity index is 1.66. The fraction of sp³-hybridized carbons (Fsp3) is 0.235. The molecule has 0 radical (unpaired) electrons. The molecule has 5 heteroatoms. The molecule has 0 saturated carbocycles. The average Bonchev–Trinajstić information content (AvgIpc) is 3.04. The lowest BCUT2D eigenvalue weighted by Gasteiger charge is -2.15. The van der Waals surface area contributed by atoms with Crippen molar-refractivity contribution in [1.82, 2.24) is 0 Å². The predicted octanol–water partition coefficient (Wildman–Crippen LogP) is 2.84. The number of hydrogen-bond acceptors (Lipinski definition) is 4. The molecule has 0 fully saturated rings. The number of rotatable bonds is 2. The second-order valence-electron chi connectivity index (χ2n) is 5.65. The van der Waals surface area contributed by atoms with Gasteiger partial charge in [-0.2, -0.15) is 0 Å². The Bertz CT molecular complexity index is 755. The predicted molar refractivity (Wildman–Crippen MR) is 86.3 cm³/mol. The molecule has 1 atom stereocenters. The third-order valence-electron chi connectivity index (χ3n) is 4.29. The lowest BCUT2D eigenvalue weighted by Crippen LogP contribution is -2.25. The highest BCUT2D eigenvalue weighted by Crippen LogP contribution is 2.42. The molecule has 112 valence electrons. The van der Waals surface area contributed by atoms with Crippen LogP contribution in [-0.4, -0.2) is 17.6 Å². The number of hydrogen-bond donors (Lipinski definition) is 3. The Labute approximate surface area is 128 Å². The Morgan fingerprint density at radius 2 is 1.86 bits per heavy atom. The van der Waals surface area contributed by atoms with E-state index in [1.165, 1.54) is 0 Å². The van der Waals surface area contributed by atoms with Gasteiger partial charge in [0.1, 0.15) is 11.9 Å². The fourth-order valence-electron chi connectivity index (χ4n) is 3.18. The maximum absolute atomic E-state index is 12.0. The summed E-state index contributed by atoms with van der Waals surface area (Å²) in [7, 11) is 0. The van der Waals surface area contributed by atoms with Crippen LogP contribution in [0.5, 0.6) is 5.75 Å². The zero-order chi connectivity index (χ0) is 15.3. The van der Waals surface area contributed by atoms with E-state index in [2.05, 4.69) is 16.7 Å². The number of fused-ring (bicyclic) bond motifs is 2. The van der Waals surface area contributed by atoms with Crippen LogP contribution in [0.25, 0.3) is 0 Å². The Morgan fingerprint density at radius 3 is 2.55 bits per heavy atom. The number of carbonyl (C=O) groups excluding carboxylic acids is 1. The van der Waals surface area contributed by atoms with Gasteiger partial charge in [0, 0.05) is 12.2 Å². The molecule has 2 aliphatic heterocycles. The van der Waals surface area contributed by atoms with E-state index in [1.54, 1.807) is 12.1 Å². The van der Waals surface area contributed by atoms with Gasteiger partial charge in [0.15, 0.2) is 0 Å². The first-order valence-electron chi connectivity index (χ1n) is 7.45. The minimum absolute atomic E-state index is 0.0242. The van der Waals surface area contributed by atoms with Crippen molar-refractivity contribution in [2.45, 2.75) is 19.5 Å². The molecule has 22 heavy (non-hydrogen) atoms. The Hall–Kier alpha value is -2.69. The first-order chi connectivity index (χ1) is 10.7. The summed E-state index contributed by atoms with van der Waals surface area (Å²) < 4.78 is 0. The molecular weight excluding hydrogens is 278 g/mol. The van der Waals surface area contributed by atoms with E-state index in [4.69, 9.17) is 0 Å². The lowest BCUT2D eigenvalue weighted by atomic mass is 10.1. The summed E-state index contributed by atoms with van der Waals surface area (Å²) >= 11 is 0. The van der Waals surface area contributed by atoms with Crippen LogP contribution in [0.4, 0.5) is 17.1 Å². The molecule has 0 aromatic heterocycles. The van der Waals surface area contributed by atoms with Crippen molar-refractivity contribution >= 4 is 23.0 Å². The van der Waals surface area contributed by atoms with Crippen LogP contribution in [0.1, 0.15) is 24.2 Å². The number of anilines is 3. The van der Waals surface area contributed by atoms with Crippen molar-refractivity contribution in [3.8, 4) is 5.75 Å². The first-order valence-corrected chi connectivity index (χ1v) is 7.45. The number of aromatic hydroxyl groups is 1. The van der Waals surface area contributed by atoms with Crippen LogP contribution in [-0.2, 0) is 11.2 Å². The quantitative estimate of drug-likeness (QED) is 0.797. The minimum Gasteiger partial charge on any atom is -0.508 e. The molecule has 0 saturated heterocycles. The van der Waals surface area contributed by atoms with Gasteiger partial charge in [-0.05, 0) is 42.3 Å². The molecule has 1 amide bonds. The van der Waals surface area contributed by atoms with Gasteiger partial charge in [-0.3, -0.25) is 4.79 Å². The smallest absolute Gasteiger partial charge is 0.231 e. The number of phenolic OH excluding ortho intramolecular Hbond substituents is 1. The molecule has 5 nitrogen and oxygen atoms in total. The van der Waals surface area contributed by atoms with Gasteiger partial charge in [-0.25, -0.2) is 0 Å². The molecule has 1 unspecified atom stereocenters. The summed E-state index contributed by atoms with van der Waals surface area (Å²) in [6.07, 6.45) is 0.450. The van der Waals surface area contributed by atoms with E-state index in [0.29, 0.717) is 13.0 Å². The third kappa shape index (κ3) is 1.89. The van der Waals surface area contributed by atoms with Crippen molar-refractivity contribution in [3.05, 3.63) is 47.5 Å². The summed E-state index contributed by atoms with van der Waals surface area (Å²) in [5.74, 6) is 0.423. The average molecular weight is 295 g/mol. The fourth-order valence-corrected chi connectivity index (χ4v) is 3.18. The zero-order valence-corrected chi connectivity index (χ0v) is 12.3. The van der Waals surface area contributed by atoms with E-state index in [9.17, 15) is 9.90 Å². The van der Waals surface area contributed by atoms with E-state index in [0.717, 1.165) is 28.2 Å². The SMILES string of the molecule is CCN1C(=O)Cc2cc3c(cc21)NC(c1ccc(O)cc1)N3. The topological polar surface area (TPSA) is 64.6 Å². The largest absolute Gasteiger partial charge is 0.508 e. The zero-order valence-electron chi connectivity index (χ0n) is 12.3. The van der Waals surface area contributed by atoms with Crippen LogP contribution >= 0.6 is 0 Å². The van der Waals surface area contributed by atoms with Crippen LogP contribution < -0.4 is 15.5 Å². The van der Waals surface area contributed by atoms with Crippen molar-refractivity contribution in [3.63, 3.8) is 0 Å². The number of nitrogens with one attached hydrogen (secondary N) is 2. The Kier molecular flexibility index (Phi) is 2.76. The summed E-state index contributed by atoms with van der Waals surface area (Å²) in [6.45, 7) is 2.69. The van der Waals surface area contributed by atoms with E-state index < -0.39 is 0 Å². The van der Waals surface area contributed by atoms with Crippen LogP contribution in [0.2, 0.25) is 0 Å². The number of carbonyl (C=O) groups is 1. The van der Waals surface area contributed by atoms with Gasteiger partial charge in [-0.1, -0.05) is 12.1 Å². The lowest BCUT2D eigenvalue weighted by molar-refractivity contribution is -0.117. The van der Waals surface area contributed by atoms with Gasteiger partial charge in [-0.15, -0.1) is 0 Å². The molecule has 2 aromatic rings. The second kappa shape index (κ2) is 4.66. The van der Waals surface area contributed by atoms with Gasteiger partial charge < -0.3 is 20.6 Å².